The Kier molecular flexibility index (Phi) is 8.24. The molecule has 40 heavy (non-hydrogen) atoms. The van der Waals surface area contributed by atoms with Gasteiger partial charge in [-0.15, -0.1) is 0 Å². The van der Waals surface area contributed by atoms with E-state index in [1.807, 2.05) is 68.8 Å². The first-order valence-corrected chi connectivity index (χ1v) is 14.3. The van der Waals surface area contributed by atoms with E-state index in [0.717, 1.165) is 73.0 Å². The maximum Gasteiger partial charge on any atom is 0.410 e. The van der Waals surface area contributed by atoms with Gasteiger partial charge in [0, 0.05) is 38.6 Å². The van der Waals surface area contributed by atoms with Gasteiger partial charge in [0.15, 0.2) is 6.23 Å². The molecule has 9 heteroatoms. The zero-order chi connectivity index (χ0) is 28.4. The Balaban J connectivity index is 1.38. The molecule has 1 atom stereocenters. The average molecular weight is 551 g/mol. The van der Waals surface area contributed by atoms with E-state index in [4.69, 9.17) is 19.3 Å². The summed E-state index contributed by atoms with van der Waals surface area (Å²) in [6.07, 6.45) is 6.04. The summed E-state index contributed by atoms with van der Waals surface area (Å²) in [4.78, 5) is 17.0. The lowest BCUT2D eigenvalue weighted by Gasteiger charge is -2.43. The zero-order valence-electron chi connectivity index (χ0n) is 24.3. The molecule has 9 nitrogen and oxygen atoms in total. The molecule has 2 heterocycles. The second kappa shape index (κ2) is 11.7. The SMILES string of the molecule is CN(C)CCN(C(=O)OC(C)(C)C)[C@H]1C[C@@H](Oc2cc(-c3ccc(O)cc3)cc3c2cnn3C2CCCCO2)C1. The van der Waals surface area contributed by atoms with Gasteiger partial charge >= 0.3 is 6.09 Å². The summed E-state index contributed by atoms with van der Waals surface area (Å²) in [5.41, 5.74) is 2.38. The molecule has 1 saturated heterocycles. The number of nitrogens with zero attached hydrogens (tertiary/aromatic N) is 4. The summed E-state index contributed by atoms with van der Waals surface area (Å²) in [5.74, 6) is 0.995. The number of hydrogen-bond donors (Lipinski definition) is 1. The minimum absolute atomic E-state index is 0.0261. The Morgan fingerprint density at radius 1 is 1.10 bits per heavy atom. The van der Waals surface area contributed by atoms with Gasteiger partial charge in [0.25, 0.3) is 0 Å². The Morgan fingerprint density at radius 2 is 1.85 bits per heavy atom. The standard InChI is InChI=1S/C31H42N4O5/c1-31(2,3)40-30(37)34(14-13-33(4)5)23-18-25(19-23)39-28-17-22(21-9-11-24(36)12-10-21)16-27-26(28)20-32-35(27)29-8-6-7-15-38-29/h9-12,16-17,20,23,25,29,36H,6-8,13-15,18-19H2,1-5H3/t23-,25+,29?. The highest BCUT2D eigenvalue weighted by atomic mass is 16.6. The number of phenols is 1. The number of phenolic OH excluding ortho intramolecular Hbond substituents is 1. The van der Waals surface area contributed by atoms with Crippen molar-refractivity contribution in [3.63, 3.8) is 0 Å². The monoisotopic (exact) mass is 550 g/mol. The lowest BCUT2D eigenvalue weighted by atomic mass is 9.87. The van der Waals surface area contributed by atoms with Crippen LogP contribution in [0.1, 0.15) is 59.1 Å². The second-order valence-corrected chi connectivity index (χ2v) is 12.2. The van der Waals surface area contributed by atoms with Gasteiger partial charge in [-0.25, -0.2) is 9.48 Å². The van der Waals surface area contributed by atoms with Crippen molar-refractivity contribution in [2.24, 2.45) is 0 Å². The van der Waals surface area contributed by atoms with Crippen molar-refractivity contribution in [1.29, 1.82) is 0 Å². The highest BCUT2D eigenvalue weighted by Crippen LogP contribution is 2.39. The molecule has 1 saturated carbocycles. The molecule has 2 aliphatic rings. The first-order valence-electron chi connectivity index (χ1n) is 14.3. The van der Waals surface area contributed by atoms with Crippen molar-refractivity contribution >= 4 is 17.0 Å². The summed E-state index contributed by atoms with van der Waals surface area (Å²) in [6.45, 7) is 7.79. The third-order valence-electron chi connectivity index (χ3n) is 7.53. The molecular weight excluding hydrogens is 508 g/mol. The van der Waals surface area contributed by atoms with Crippen molar-refractivity contribution in [2.75, 3.05) is 33.8 Å². The number of aromatic hydroxyl groups is 1. The lowest BCUT2D eigenvalue weighted by molar-refractivity contribution is -0.0366. The van der Waals surface area contributed by atoms with Crippen LogP contribution in [0.4, 0.5) is 4.79 Å². The van der Waals surface area contributed by atoms with E-state index in [1.165, 1.54) is 0 Å². The minimum Gasteiger partial charge on any atom is -0.508 e. The van der Waals surface area contributed by atoms with Gasteiger partial charge in [0.2, 0.25) is 0 Å². The first kappa shape index (κ1) is 28.2. The van der Waals surface area contributed by atoms with Crippen molar-refractivity contribution in [2.45, 2.75) is 76.9 Å². The predicted octanol–water partition coefficient (Wildman–Crippen LogP) is 5.82. The Bertz CT molecular complexity index is 1300. The summed E-state index contributed by atoms with van der Waals surface area (Å²) >= 11 is 0. The fourth-order valence-corrected chi connectivity index (χ4v) is 5.30. The van der Waals surface area contributed by atoms with Crippen LogP contribution in [0.3, 0.4) is 0 Å². The summed E-state index contributed by atoms with van der Waals surface area (Å²) in [5, 5.41) is 15.5. The number of likely N-dealkylation sites (N-methyl/N-ethyl adjacent to an activating group) is 1. The van der Waals surface area contributed by atoms with E-state index >= 15 is 0 Å². The molecule has 1 aromatic heterocycles. The molecular formula is C31H42N4O5. The number of carbonyl (C=O) groups is 1. The van der Waals surface area contributed by atoms with Crippen molar-refractivity contribution in [1.82, 2.24) is 19.6 Å². The number of benzene rings is 2. The maximum absolute atomic E-state index is 13.0. The van der Waals surface area contributed by atoms with Crippen molar-refractivity contribution < 1.29 is 24.1 Å². The van der Waals surface area contributed by atoms with Gasteiger partial charge in [-0.1, -0.05) is 12.1 Å². The topological polar surface area (TPSA) is 89.3 Å². The summed E-state index contributed by atoms with van der Waals surface area (Å²) in [7, 11) is 4.01. The van der Waals surface area contributed by atoms with Crippen molar-refractivity contribution in [3.8, 4) is 22.6 Å². The van der Waals surface area contributed by atoms with Crippen LogP contribution in [0.25, 0.3) is 22.0 Å². The largest absolute Gasteiger partial charge is 0.508 e. The van der Waals surface area contributed by atoms with Gasteiger partial charge in [0.05, 0.1) is 17.1 Å². The van der Waals surface area contributed by atoms with Gasteiger partial charge in [-0.05, 0) is 89.5 Å². The molecule has 216 valence electrons. The Morgan fingerprint density at radius 3 is 2.50 bits per heavy atom. The molecule has 5 rings (SSSR count). The molecule has 1 unspecified atom stereocenters. The number of ether oxygens (including phenoxy) is 3. The van der Waals surface area contributed by atoms with Crippen LogP contribution in [0.2, 0.25) is 0 Å². The number of hydrogen-bond acceptors (Lipinski definition) is 7. The number of carbonyl (C=O) groups excluding carboxylic acids is 1. The first-order chi connectivity index (χ1) is 19.1. The van der Waals surface area contributed by atoms with Gasteiger partial charge in [-0.2, -0.15) is 5.10 Å². The van der Waals surface area contributed by atoms with Gasteiger partial charge in [-0.3, -0.25) is 0 Å². The van der Waals surface area contributed by atoms with Crippen LogP contribution in [0, 0.1) is 0 Å². The second-order valence-electron chi connectivity index (χ2n) is 12.2. The average Bonchev–Trinajstić information content (AvgIpc) is 3.31. The fraction of sp³-hybridized carbons (Fsp3) is 0.548. The highest BCUT2D eigenvalue weighted by Gasteiger charge is 2.39. The number of aromatic nitrogens is 2. The summed E-state index contributed by atoms with van der Waals surface area (Å²) in [6, 6.07) is 11.4. The molecule has 1 N–H and O–H groups in total. The number of fused-ring (bicyclic) bond motifs is 1. The van der Waals surface area contributed by atoms with Crippen LogP contribution in [-0.2, 0) is 9.47 Å². The normalized spacial score (nSPS) is 21.3. The Hall–Kier alpha value is -3.30. The molecule has 0 spiro atoms. The third kappa shape index (κ3) is 6.53. The molecule has 2 fully saturated rings. The fourth-order valence-electron chi connectivity index (χ4n) is 5.30. The van der Waals surface area contributed by atoms with Crippen LogP contribution in [-0.4, -0.2) is 82.3 Å². The minimum atomic E-state index is -0.546. The van der Waals surface area contributed by atoms with Crippen molar-refractivity contribution in [3.05, 3.63) is 42.6 Å². The van der Waals surface area contributed by atoms with E-state index in [1.54, 1.807) is 12.1 Å². The van der Waals surface area contributed by atoms with Crippen LogP contribution in [0.15, 0.2) is 42.6 Å². The van der Waals surface area contributed by atoms with E-state index in [2.05, 4.69) is 11.0 Å². The maximum atomic E-state index is 13.0. The molecule has 1 aliphatic carbocycles. The van der Waals surface area contributed by atoms with E-state index in [-0.39, 0.29) is 30.2 Å². The van der Waals surface area contributed by atoms with Gasteiger partial charge < -0.3 is 29.1 Å². The number of amides is 1. The van der Waals surface area contributed by atoms with E-state index < -0.39 is 5.60 Å². The molecule has 0 radical (unpaired) electrons. The predicted molar refractivity (Wildman–Crippen MR) is 155 cm³/mol. The quantitative estimate of drug-likeness (QED) is 0.378. The van der Waals surface area contributed by atoms with E-state index in [9.17, 15) is 9.90 Å². The smallest absolute Gasteiger partial charge is 0.410 e. The zero-order valence-corrected chi connectivity index (χ0v) is 24.3. The molecule has 1 aliphatic heterocycles. The highest BCUT2D eigenvalue weighted by molar-refractivity contribution is 5.90. The molecule has 2 aromatic carbocycles. The molecule has 3 aromatic rings. The Labute approximate surface area is 236 Å². The van der Waals surface area contributed by atoms with Crippen LogP contribution >= 0.6 is 0 Å². The lowest BCUT2D eigenvalue weighted by Crippen LogP contribution is -2.54. The summed E-state index contributed by atoms with van der Waals surface area (Å²) < 4.78 is 20.4. The molecule has 0 bridgehead atoms. The van der Waals surface area contributed by atoms with E-state index in [0.29, 0.717) is 6.54 Å². The third-order valence-corrected chi connectivity index (χ3v) is 7.53. The molecule has 1 amide bonds. The van der Waals surface area contributed by atoms with Gasteiger partial charge in [0.1, 0.15) is 23.2 Å². The number of rotatable bonds is 8. The van der Waals surface area contributed by atoms with Crippen LogP contribution in [0.5, 0.6) is 11.5 Å². The van der Waals surface area contributed by atoms with Crippen LogP contribution < -0.4 is 4.74 Å².